The number of carbonyl (C=O) groups is 3. The Morgan fingerprint density at radius 2 is 2.27 bits per heavy atom. The average Bonchev–Trinajstić information content (AvgIpc) is 2.97. The van der Waals surface area contributed by atoms with Gasteiger partial charge in [-0.2, -0.15) is 0 Å². The number of aliphatic carboxylic acids is 1. The largest absolute Gasteiger partial charge is 0.477 e. The lowest BCUT2D eigenvalue weighted by molar-refractivity contribution is -0.153. The smallest absolute Gasteiger partial charge is 0.352 e. The molecule has 3 heterocycles. The minimum absolute atomic E-state index is 0.0728. The van der Waals surface area contributed by atoms with E-state index in [9.17, 15) is 19.5 Å². The predicted octanol–water partition coefficient (Wildman–Crippen LogP) is 1.97. The van der Waals surface area contributed by atoms with Crippen LogP contribution in [0.15, 0.2) is 28.8 Å². The Labute approximate surface area is 135 Å². The topological polar surface area (TPSA) is 86.7 Å². The zero-order valence-electron chi connectivity index (χ0n) is 11.7. The van der Waals surface area contributed by atoms with E-state index in [0.29, 0.717) is 11.3 Å². The lowest BCUT2D eigenvalue weighted by Crippen LogP contribution is -2.61. The Hall–Kier alpha value is -1.80. The van der Waals surface area contributed by atoms with Crippen LogP contribution in [0.4, 0.5) is 5.00 Å². The van der Waals surface area contributed by atoms with Gasteiger partial charge in [0.15, 0.2) is 0 Å². The summed E-state index contributed by atoms with van der Waals surface area (Å²) in [5, 5.41) is 14.3. The van der Waals surface area contributed by atoms with Crippen molar-refractivity contribution in [2.75, 3.05) is 11.1 Å². The normalized spacial score (nSPS) is 23.9. The Bertz CT molecular complexity index is 668. The number of β-lactam (4-membered cyclic amide) rings is 1. The molecule has 2 N–H and O–H groups in total. The van der Waals surface area contributed by atoms with E-state index in [1.165, 1.54) is 28.0 Å². The molecule has 1 fully saturated rings. The maximum absolute atomic E-state index is 12.2. The first kappa shape index (κ1) is 15.1. The molecule has 0 aliphatic carbocycles. The summed E-state index contributed by atoms with van der Waals surface area (Å²) in [6.45, 7) is 1.72. The van der Waals surface area contributed by atoms with Crippen LogP contribution in [-0.2, 0) is 14.4 Å². The van der Waals surface area contributed by atoms with Gasteiger partial charge in [0.05, 0.1) is 16.3 Å². The number of carboxylic acids is 1. The van der Waals surface area contributed by atoms with Gasteiger partial charge in [0.1, 0.15) is 5.70 Å². The van der Waals surface area contributed by atoms with Crippen LogP contribution < -0.4 is 5.32 Å². The van der Waals surface area contributed by atoms with Crippen LogP contribution in [0.25, 0.3) is 0 Å². The highest BCUT2D eigenvalue weighted by atomic mass is 32.2. The molecule has 0 spiro atoms. The molecule has 1 saturated heterocycles. The number of nitrogens with one attached hydrogen (secondary N) is 1. The van der Waals surface area contributed by atoms with E-state index in [-0.39, 0.29) is 29.3 Å². The number of hydrogen-bond acceptors (Lipinski definition) is 5. The van der Waals surface area contributed by atoms with Crippen LogP contribution in [0.3, 0.4) is 0 Å². The van der Waals surface area contributed by atoms with Gasteiger partial charge in [0, 0.05) is 12.2 Å². The number of thioether (sulfide) groups is 1. The fourth-order valence-corrected chi connectivity index (χ4v) is 4.64. The molecule has 0 radical (unpaired) electrons. The number of carbonyl (C=O) groups excluding carboxylic acids is 2. The second-order valence-corrected chi connectivity index (χ2v) is 7.23. The van der Waals surface area contributed by atoms with Crippen molar-refractivity contribution < 1.29 is 19.5 Å². The molecular formula is C14H14N2O4S2. The molecule has 0 bridgehead atoms. The van der Waals surface area contributed by atoms with E-state index in [2.05, 4.69) is 5.32 Å². The van der Waals surface area contributed by atoms with Crippen LogP contribution in [0.2, 0.25) is 0 Å². The second kappa shape index (κ2) is 5.77. The number of carboxylic acid groups (broad SMARTS) is 1. The molecule has 0 aromatic carbocycles. The van der Waals surface area contributed by atoms with E-state index in [4.69, 9.17) is 0 Å². The summed E-state index contributed by atoms with van der Waals surface area (Å²) < 4.78 is 0. The Kier molecular flexibility index (Phi) is 3.96. The first-order valence-corrected chi connectivity index (χ1v) is 8.63. The summed E-state index contributed by atoms with van der Waals surface area (Å²) in [5.74, 6) is -1.47. The monoisotopic (exact) mass is 338 g/mol. The van der Waals surface area contributed by atoms with E-state index in [0.717, 1.165) is 5.00 Å². The summed E-state index contributed by atoms with van der Waals surface area (Å²) in [6, 6.07) is 3.63. The molecule has 2 aliphatic heterocycles. The second-order valence-electron chi connectivity index (χ2n) is 5.18. The fraction of sp³-hybridized carbons (Fsp3) is 0.357. The van der Waals surface area contributed by atoms with Crippen molar-refractivity contribution in [3.63, 3.8) is 0 Å². The average molecular weight is 338 g/mol. The lowest BCUT2D eigenvalue weighted by atomic mass is 9.92. The minimum atomic E-state index is -1.09. The summed E-state index contributed by atoms with van der Waals surface area (Å²) in [5.41, 5.74) is 0.757. The highest BCUT2D eigenvalue weighted by Crippen LogP contribution is 2.45. The molecule has 1 aromatic heterocycles. The van der Waals surface area contributed by atoms with Gasteiger partial charge in [-0.1, -0.05) is 0 Å². The van der Waals surface area contributed by atoms with Gasteiger partial charge in [-0.05, 0) is 30.0 Å². The molecule has 1 aromatic rings. The predicted molar refractivity (Wildman–Crippen MR) is 84.5 cm³/mol. The van der Waals surface area contributed by atoms with Crippen LogP contribution >= 0.6 is 23.1 Å². The zero-order valence-corrected chi connectivity index (χ0v) is 13.4. The maximum Gasteiger partial charge on any atom is 0.352 e. The van der Waals surface area contributed by atoms with Crippen molar-refractivity contribution in [2.45, 2.75) is 18.7 Å². The molecule has 2 unspecified atom stereocenters. The van der Waals surface area contributed by atoms with E-state index in [1.54, 1.807) is 13.0 Å². The Balaban J connectivity index is 1.68. The van der Waals surface area contributed by atoms with Crippen LogP contribution in [-0.4, -0.2) is 38.9 Å². The highest BCUT2D eigenvalue weighted by Gasteiger charge is 2.53. The fourth-order valence-electron chi connectivity index (χ4n) is 2.65. The van der Waals surface area contributed by atoms with Gasteiger partial charge in [-0.15, -0.1) is 23.1 Å². The molecular weight excluding hydrogens is 324 g/mol. The number of fused-ring (bicyclic) bond motifs is 1. The van der Waals surface area contributed by atoms with Gasteiger partial charge in [0.25, 0.3) is 0 Å². The lowest BCUT2D eigenvalue weighted by Gasteiger charge is -2.49. The van der Waals surface area contributed by atoms with E-state index in [1.807, 2.05) is 11.4 Å². The van der Waals surface area contributed by atoms with Gasteiger partial charge >= 0.3 is 5.97 Å². The van der Waals surface area contributed by atoms with Crippen molar-refractivity contribution in [1.29, 1.82) is 0 Å². The molecule has 6 nitrogen and oxygen atoms in total. The summed E-state index contributed by atoms with van der Waals surface area (Å²) in [6.07, 6.45) is 0.0802. The molecule has 8 heteroatoms. The number of anilines is 1. The number of amides is 2. The van der Waals surface area contributed by atoms with Gasteiger partial charge in [0.2, 0.25) is 11.8 Å². The third-order valence-electron chi connectivity index (χ3n) is 3.66. The summed E-state index contributed by atoms with van der Waals surface area (Å²) in [4.78, 5) is 36.8. The first-order chi connectivity index (χ1) is 10.5. The van der Waals surface area contributed by atoms with Gasteiger partial charge in [-0.3, -0.25) is 14.5 Å². The first-order valence-electron chi connectivity index (χ1n) is 6.70. The van der Waals surface area contributed by atoms with E-state index >= 15 is 0 Å². The molecule has 3 rings (SSSR count). The van der Waals surface area contributed by atoms with Crippen LogP contribution in [0, 0.1) is 5.92 Å². The molecule has 2 amide bonds. The number of nitrogens with zero attached hydrogens (tertiary/aromatic N) is 1. The summed E-state index contributed by atoms with van der Waals surface area (Å²) in [7, 11) is 0. The van der Waals surface area contributed by atoms with E-state index < -0.39 is 11.9 Å². The summed E-state index contributed by atoms with van der Waals surface area (Å²) >= 11 is 2.92. The minimum Gasteiger partial charge on any atom is -0.477 e. The van der Waals surface area contributed by atoms with Gasteiger partial charge < -0.3 is 10.4 Å². The van der Waals surface area contributed by atoms with Crippen molar-refractivity contribution in [2.24, 2.45) is 5.92 Å². The standard InChI is InChI=1S/C14H14N2O4S2/c1-7-6-22-13-8(12(18)16(13)11(7)14(19)20)5-9(17)15-10-3-2-4-21-10/h2-4,8,13H,5-6H2,1H3,(H,15,17)(H,19,20). The molecule has 116 valence electrons. The molecule has 22 heavy (non-hydrogen) atoms. The third kappa shape index (κ3) is 2.52. The quantitative estimate of drug-likeness (QED) is 0.820. The molecule has 0 saturated carbocycles. The van der Waals surface area contributed by atoms with Crippen LogP contribution in [0.5, 0.6) is 0 Å². The third-order valence-corrected chi connectivity index (χ3v) is 5.93. The number of rotatable bonds is 4. The van der Waals surface area contributed by atoms with Crippen LogP contribution in [0.1, 0.15) is 13.3 Å². The SMILES string of the molecule is CC1=C(C(=O)O)N2C(=O)C(CC(=O)Nc3cccs3)C2SC1. The number of thiophene rings is 1. The highest BCUT2D eigenvalue weighted by molar-refractivity contribution is 8.00. The number of hydrogen-bond donors (Lipinski definition) is 2. The zero-order chi connectivity index (χ0) is 15.9. The van der Waals surface area contributed by atoms with Crippen molar-refractivity contribution in [3.8, 4) is 0 Å². The van der Waals surface area contributed by atoms with Crippen molar-refractivity contribution >= 4 is 45.9 Å². The van der Waals surface area contributed by atoms with Crippen molar-refractivity contribution in [3.05, 3.63) is 28.8 Å². The molecule has 2 atom stereocenters. The van der Waals surface area contributed by atoms with Crippen molar-refractivity contribution in [1.82, 2.24) is 4.90 Å². The molecule has 2 aliphatic rings. The van der Waals surface area contributed by atoms with Gasteiger partial charge in [-0.25, -0.2) is 4.79 Å². The maximum atomic E-state index is 12.2. The Morgan fingerprint density at radius 3 is 2.91 bits per heavy atom. The Morgan fingerprint density at radius 1 is 1.50 bits per heavy atom.